The van der Waals surface area contributed by atoms with Crippen molar-refractivity contribution in [1.82, 2.24) is 14.8 Å². The minimum Gasteiger partial charge on any atom is -0.370 e. The summed E-state index contributed by atoms with van der Waals surface area (Å²) in [6.45, 7) is 3.05. The molecule has 0 fully saturated rings. The molecule has 122 valence electrons. The first-order valence-electron chi connectivity index (χ1n) is 8.27. The second kappa shape index (κ2) is 6.29. The third kappa shape index (κ3) is 2.67. The largest absolute Gasteiger partial charge is 0.370 e. The number of aromatic nitrogens is 3. The van der Waals surface area contributed by atoms with Gasteiger partial charge in [0, 0.05) is 35.1 Å². The summed E-state index contributed by atoms with van der Waals surface area (Å²) in [6, 6.07) is 9.97. The zero-order chi connectivity index (χ0) is 16.5. The molecule has 0 saturated heterocycles. The number of benzene rings is 1. The Labute approximate surface area is 146 Å². The molecule has 0 atom stereocenters. The highest BCUT2D eigenvalue weighted by molar-refractivity contribution is 6.30. The van der Waals surface area contributed by atoms with Crippen molar-refractivity contribution >= 4 is 17.4 Å². The molecule has 4 nitrogen and oxygen atoms in total. The molecule has 3 heterocycles. The number of rotatable bonds is 2. The van der Waals surface area contributed by atoms with Crippen molar-refractivity contribution in [2.45, 2.75) is 26.2 Å². The van der Waals surface area contributed by atoms with E-state index in [1.807, 2.05) is 47.4 Å². The molecule has 0 aliphatic carbocycles. The summed E-state index contributed by atoms with van der Waals surface area (Å²) in [5, 5.41) is 9.24. The van der Waals surface area contributed by atoms with Gasteiger partial charge in [0.2, 0.25) is 0 Å². The highest BCUT2D eigenvalue weighted by atomic mass is 35.5. The summed E-state index contributed by atoms with van der Waals surface area (Å²) in [6.07, 6.45) is 6.99. The van der Waals surface area contributed by atoms with Gasteiger partial charge >= 0.3 is 0 Å². The van der Waals surface area contributed by atoms with E-state index in [0.717, 1.165) is 52.7 Å². The molecule has 1 N–H and O–H groups in total. The van der Waals surface area contributed by atoms with E-state index in [4.69, 9.17) is 16.7 Å². The first-order chi connectivity index (χ1) is 11.7. The lowest BCUT2D eigenvalue weighted by molar-refractivity contribution is 0.779. The average molecular weight is 339 g/mol. The van der Waals surface area contributed by atoms with Crippen molar-refractivity contribution in [2.75, 3.05) is 11.9 Å². The van der Waals surface area contributed by atoms with Gasteiger partial charge in [0.1, 0.15) is 5.82 Å². The Morgan fingerprint density at radius 3 is 2.79 bits per heavy atom. The molecule has 0 radical (unpaired) electrons. The van der Waals surface area contributed by atoms with Gasteiger partial charge in [0.05, 0.1) is 11.4 Å². The molecule has 1 aliphatic rings. The summed E-state index contributed by atoms with van der Waals surface area (Å²) in [7, 11) is 0. The minimum atomic E-state index is 0.721. The van der Waals surface area contributed by atoms with E-state index in [9.17, 15) is 0 Å². The zero-order valence-electron chi connectivity index (χ0n) is 13.6. The number of hydrogen-bond donors (Lipinski definition) is 1. The lowest BCUT2D eigenvalue weighted by Crippen LogP contribution is -2.08. The monoisotopic (exact) mass is 338 g/mol. The Morgan fingerprint density at radius 1 is 1.12 bits per heavy atom. The van der Waals surface area contributed by atoms with Crippen LogP contribution in [-0.4, -0.2) is 21.3 Å². The first kappa shape index (κ1) is 15.2. The molecule has 24 heavy (non-hydrogen) atoms. The molecule has 0 saturated carbocycles. The average Bonchev–Trinajstić information content (AvgIpc) is 2.79. The SMILES string of the molecule is Cc1ccc(Cl)cc1-n1nc(-c2ccncc2)c2c1NCCCC2. The van der Waals surface area contributed by atoms with Crippen LogP contribution in [-0.2, 0) is 6.42 Å². The van der Waals surface area contributed by atoms with Crippen molar-refractivity contribution < 1.29 is 0 Å². The molecule has 0 unspecified atom stereocenters. The number of hydrogen-bond acceptors (Lipinski definition) is 3. The van der Waals surface area contributed by atoms with Crippen LogP contribution in [0, 0.1) is 6.92 Å². The van der Waals surface area contributed by atoms with Crippen LogP contribution in [0.5, 0.6) is 0 Å². The van der Waals surface area contributed by atoms with Crippen molar-refractivity contribution in [2.24, 2.45) is 0 Å². The number of fused-ring (bicyclic) bond motifs is 1. The highest BCUT2D eigenvalue weighted by Gasteiger charge is 2.22. The van der Waals surface area contributed by atoms with Gasteiger partial charge in [0.15, 0.2) is 0 Å². The molecule has 2 aromatic heterocycles. The van der Waals surface area contributed by atoms with Crippen LogP contribution in [0.2, 0.25) is 5.02 Å². The number of aryl methyl sites for hydroxylation is 1. The fraction of sp³-hybridized carbons (Fsp3) is 0.263. The molecule has 0 bridgehead atoms. The second-order valence-corrected chi connectivity index (χ2v) is 6.57. The van der Waals surface area contributed by atoms with Crippen LogP contribution in [0.25, 0.3) is 16.9 Å². The normalized spacial score (nSPS) is 13.9. The third-order valence-electron chi connectivity index (χ3n) is 4.48. The third-order valence-corrected chi connectivity index (χ3v) is 4.72. The van der Waals surface area contributed by atoms with Crippen molar-refractivity contribution in [3.63, 3.8) is 0 Å². The maximum atomic E-state index is 6.24. The topological polar surface area (TPSA) is 42.7 Å². The number of pyridine rings is 1. The summed E-state index contributed by atoms with van der Waals surface area (Å²) < 4.78 is 2.01. The fourth-order valence-electron chi connectivity index (χ4n) is 3.23. The molecule has 0 spiro atoms. The number of nitrogens with one attached hydrogen (secondary N) is 1. The summed E-state index contributed by atoms with van der Waals surface area (Å²) in [5.41, 5.74) is 5.58. The van der Waals surface area contributed by atoms with Crippen LogP contribution in [0.3, 0.4) is 0 Å². The number of halogens is 1. The van der Waals surface area contributed by atoms with Gasteiger partial charge in [-0.3, -0.25) is 4.98 Å². The Balaban J connectivity index is 1.95. The van der Waals surface area contributed by atoms with E-state index < -0.39 is 0 Å². The van der Waals surface area contributed by atoms with Gasteiger partial charge in [-0.1, -0.05) is 17.7 Å². The van der Waals surface area contributed by atoms with E-state index >= 15 is 0 Å². The van der Waals surface area contributed by atoms with Gasteiger partial charge in [-0.2, -0.15) is 5.10 Å². The number of anilines is 1. The molecule has 4 rings (SSSR count). The molecule has 3 aromatic rings. The van der Waals surface area contributed by atoms with Crippen LogP contribution >= 0.6 is 11.6 Å². The van der Waals surface area contributed by atoms with Gasteiger partial charge < -0.3 is 5.32 Å². The smallest absolute Gasteiger partial charge is 0.133 e. The van der Waals surface area contributed by atoms with Crippen LogP contribution in [0.4, 0.5) is 5.82 Å². The maximum Gasteiger partial charge on any atom is 0.133 e. The molecular weight excluding hydrogens is 320 g/mol. The molecular formula is C19H19ClN4. The lowest BCUT2D eigenvalue weighted by Gasteiger charge is -2.12. The number of nitrogens with zero attached hydrogens (tertiary/aromatic N) is 3. The molecule has 5 heteroatoms. The van der Waals surface area contributed by atoms with E-state index in [0.29, 0.717) is 0 Å². The quantitative estimate of drug-likeness (QED) is 0.740. The standard InChI is InChI=1S/C19H19ClN4/c1-13-5-6-15(20)12-17(13)24-19-16(4-2-3-9-22-19)18(23-24)14-7-10-21-11-8-14/h5-8,10-12,22H,2-4,9H2,1H3. The van der Waals surface area contributed by atoms with Gasteiger partial charge in [0.25, 0.3) is 0 Å². The van der Waals surface area contributed by atoms with Crippen molar-refractivity contribution in [3.8, 4) is 16.9 Å². The predicted octanol–water partition coefficient (Wildman–Crippen LogP) is 4.64. The Hall–Kier alpha value is -2.33. The first-order valence-corrected chi connectivity index (χ1v) is 8.64. The fourth-order valence-corrected chi connectivity index (χ4v) is 3.40. The van der Waals surface area contributed by atoms with Crippen LogP contribution in [0.1, 0.15) is 24.0 Å². The maximum absolute atomic E-state index is 6.24. The molecule has 1 aliphatic heterocycles. The molecule has 0 amide bonds. The second-order valence-electron chi connectivity index (χ2n) is 6.14. The van der Waals surface area contributed by atoms with Crippen molar-refractivity contribution in [1.29, 1.82) is 0 Å². The van der Waals surface area contributed by atoms with Gasteiger partial charge in [-0.25, -0.2) is 4.68 Å². The van der Waals surface area contributed by atoms with E-state index in [1.165, 1.54) is 12.0 Å². The van der Waals surface area contributed by atoms with E-state index in [1.54, 1.807) is 0 Å². The summed E-state index contributed by atoms with van der Waals surface area (Å²) in [5.74, 6) is 1.09. The van der Waals surface area contributed by atoms with Crippen molar-refractivity contribution in [3.05, 3.63) is 58.9 Å². The lowest BCUT2D eigenvalue weighted by atomic mass is 10.0. The van der Waals surface area contributed by atoms with E-state index in [2.05, 4.69) is 17.2 Å². The Kier molecular flexibility index (Phi) is 3.98. The van der Waals surface area contributed by atoms with Gasteiger partial charge in [-0.15, -0.1) is 0 Å². The minimum absolute atomic E-state index is 0.721. The summed E-state index contributed by atoms with van der Waals surface area (Å²) in [4.78, 5) is 4.12. The van der Waals surface area contributed by atoms with Gasteiger partial charge in [-0.05, 0) is 56.0 Å². The zero-order valence-corrected chi connectivity index (χ0v) is 14.3. The Bertz CT molecular complexity index is 871. The van der Waals surface area contributed by atoms with E-state index in [-0.39, 0.29) is 0 Å². The molecule has 1 aromatic carbocycles. The Morgan fingerprint density at radius 2 is 1.96 bits per heavy atom. The highest BCUT2D eigenvalue weighted by Crippen LogP contribution is 2.34. The van der Waals surface area contributed by atoms with Crippen LogP contribution < -0.4 is 5.32 Å². The van der Waals surface area contributed by atoms with Crippen LogP contribution in [0.15, 0.2) is 42.7 Å². The summed E-state index contributed by atoms with van der Waals surface area (Å²) >= 11 is 6.24. The predicted molar refractivity (Wildman–Crippen MR) is 98.0 cm³/mol.